The molecule has 0 spiro atoms. The lowest BCUT2D eigenvalue weighted by molar-refractivity contribution is -0.139. The van der Waals surface area contributed by atoms with Crippen molar-refractivity contribution in [3.05, 3.63) is 29.8 Å². The summed E-state index contributed by atoms with van der Waals surface area (Å²) in [6.45, 7) is 1.71. The van der Waals surface area contributed by atoms with Crippen LogP contribution in [0.5, 0.6) is 5.75 Å². The van der Waals surface area contributed by atoms with Gasteiger partial charge in [0, 0.05) is 0 Å². The van der Waals surface area contributed by atoms with Gasteiger partial charge in [-0.3, -0.25) is 4.79 Å². The summed E-state index contributed by atoms with van der Waals surface area (Å²) in [5, 5.41) is 18.5. The Morgan fingerprint density at radius 1 is 1.38 bits per heavy atom. The fourth-order valence-corrected chi connectivity index (χ4v) is 1.52. The molecule has 0 aliphatic rings. The third kappa shape index (κ3) is 3.24. The molecular weight excluding hydrogens is 208 g/mol. The number of carboxylic acids is 1. The van der Waals surface area contributed by atoms with Crippen molar-refractivity contribution in [1.29, 1.82) is 0 Å². The molecule has 0 aromatic heterocycles. The number of methoxy groups -OCH3 is 1. The maximum absolute atomic E-state index is 10.5. The van der Waals surface area contributed by atoms with Crippen molar-refractivity contribution in [3.8, 4) is 5.75 Å². The monoisotopic (exact) mass is 224 g/mol. The minimum absolute atomic E-state index is 0.0484. The number of rotatable bonds is 5. The average Bonchev–Trinajstić information content (AvgIpc) is 2.27. The Kier molecular flexibility index (Phi) is 4.31. The van der Waals surface area contributed by atoms with Crippen LogP contribution in [0.1, 0.15) is 25.0 Å². The number of hydrogen-bond acceptors (Lipinski definition) is 3. The molecule has 0 aliphatic heterocycles. The SMILES string of the molecule is COc1ccc(C(O)C(C)CC(=O)O)cc1. The van der Waals surface area contributed by atoms with E-state index in [1.54, 1.807) is 38.3 Å². The standard InChI is InChI=1S/C12H16O4/c1-8(7-11(13)14)12(15)9-3-5-10(16-2)6-4-9/h3-6,8,12,15H,7H2,1-2H3,(H,13,14). The first-order valence-corrected chi connectivity index (χ1v) is 5.08. The lowest BCUT2D eigenvalue weighted by Gasteiger charge is -2.17. The van der Waals surface area contributed by atoms with Crippen LogP contribution in [-0.4, -0.2) is 23.3 Å². The van der Waals surface area contributed by atoms with Crippen LogP contribution in [0.4, 0.5) is 0 Å². The summed E-state index contributed by atoms with van der Waals surface area (Å²) in [6, 6.07) is 6.96. The molecule has 2 atom stereocenters. The fraction of sp³-hybridized carbons (Fsp3) is 0.417. The molecule has 0 fully saturated rings. The van der Waals surface area contributed by atoms with Crippen LogP contribution in [0.15, 0.2) is 24.3 Å². The number of ether oxygens (including phenoxy) is 1. The van der Waals surface area contributed by atoms with E-state index >= 15 is 0 Å². The first-order valence-electron chi connectivity index (χ1n) is 5.08. The fourth-order valence-electron chi connectivity index (χ4n) is 1.52. The van der Waals surface area contributed by atoms with Gasteiger partial charge in [0.25, 0.3) is 0 Å². The Labute approximate surface area is 94.5 Å². The van der Waals surface area contributed by atoms with Crippen molar-refractivity contribution in [1.82, 2.24) is 0 Å². The largest absolute Gasteiger partial charge is 0.497 e. The predicted octanol–water partition coefficient (Wildman–Crippen LogP) is 1.84. The number of aliphatic carboxylic acids is 1. The van der Waals surface area contributed by atoms with Crippen LogP contribution in [0.3, 0.4) is 0 Å². The normalized spacial score (nSPS) is 14.2. The Morgan fingerprint density at radius 3 is 2.38 bits per heavy atom. The van der Waals surface area contributed by atoms with E-state index in [2.05, 4.69) is 0 Å². The molecule has 4 nitrogen and oxygen atoms in total. The maximum atomic E-state index is 10.5. The van der Waals surface area contributed by atoms with E-state index in [-0.39, 0.29) is 12.3 Å². The highest BCUT2D eigenvalue weighted by molar-refractivity contribution is 5.67. The lowest BCUT2D eigenvalue weighted by Crippen LogP contribution is -2.13. The molecule has 0 amide bonds. The van der Waals surface area contributed by atoms with Gasteiger partial charge in [0.2, 0.25) is 0 Å². The smallest absolute Gasteiger partial charge is 0.303 e. The molecule has 1 aromatic rings. The predicted molar refractivity (Wildman–Crippen MR) is 59.4 cm³/mol. The molecular formula is C12H16O4. The second kappa shape index (κ2) is 5.51. The summed E-state index contributed by atoms with van der Waals surface area (Å²) in [5.41, 5.74) is 0.703. The van der Waals surface area contributed by atoms with Gasteiger partial charge in [-0.2, -0.15) is 0 Å². The first-order chi connectivity index (χ1) is 7.54. The number of aliphatic hydroxyl groups is 1. The summed E-state index contributed by atoms with van der Waals surface area (Å²) >= 11 is 0. The highest BCUT2D eigenvalue weighted by Gasteiger charge is 2.18. The number of carboxylic acid groups (broad SMARTS) is 1. The van der Waals surface area contributed by atoms with Gasteiger partial charge in [-0.25, -0.2) is 0 Å². The molecule has 2 N–H and O–H groups in total. The second-order valence-corrected chi connectivity index (χ2v) is 3.79. The van der Waals surface area contributed by atoms with Crippen LogP contribution < -0.4 is 4.74 Å². The topological polar surface area (TPSA) is 66.8 Å². The van der Waals surface area contributed by atoms with Crippen LogP contribution >= 0.6 is 0 Å². The van der Waals surface area contributed by atoms with Gasteiger partial charge in [-0.05, 0) is 23.6 Å². The quantitative estimate of drug-likeness (QED) is 0.800. The summed E-state index contributed by atoms with van der Waals surface area (Å²) in [5.74, 6) is -0.507. The minimum atomic E-state index is -0.903. The van der Waals surface area contributed by atoms with Gasteiger partial charge >= 0.3 is 5.97 Å². The summed E-state index contributed by atoms with van der Waals surface area (Å²) in [7, 11) is 1.57. The minimum Gasteiger partial charge on any atom is -0.497 e. The molecule has 16 heavy (non-hydrogen) atoms. The van der Waals surface area contributed by atoms with Gasteiger partial charge in [0.15, 0.2) is 0 Å². The van der Waals surface area contributed by atoms with Crippen molar-refractivity contribution < 1.29 is 19.7 Å². The molecule has 1 aromatic carbocycles. The van der Waals surface area contributed by atoms with E-state index in [1.165, 1.54) is 0 Å². The van der Waals surface area contributed by atoms with Crippen LogP contribution in [0, 0.1) is 5.92 Å². The molecule has 4 heteroatoms. The highest BCUT2D eigenvalue weighted by atomic mass is 16.5. The van der Waals surface area contributed by atoms with Crippen molar-refractivity contribution in [2.24, 2.45) is 5.92 Å². The summed E-state index contributed by atoms with van der Waals surface area (Å²) in [6.07, 6.45) is -0.810. The molecule has 88 valence electrons. The molecule has 0 radical (unpaired) electrons. The van der Waals surface area contributed by atoms with Crippen LogP contribution in [-0.2, 0) is 4.79 Å². The molecule has 2 unspecified atom stereocenters. The summed E-state index contributed by atoms with van der Waals surface area (Å²) < 4.78 is 5.00. The molecule has 0 heterocycles. The molecule has 0 saturated heterocycles. The highest BCUT2D eigenvalue weighted by Crippen LogP contribution is 2.25. The summed E-state index contributed by atoms with van der Waals surface area (Å²) in [4.78, 5) is 10.5. The first kappa shape index (κ1) is 12.5. The maximum Gasteiger partial charge on any atom is 0.303 e. The third-order valence-electron chi connectivity index (χ3n) is 2.49. The molecule has 1 rings (SSSR count). The van der Waals surface area contributed by atoms with E-state index < -0.39 is 12.1 Å². The van der Waals surface area contributed by atoms with E-state index in [4.69, 9.17) is 9.84 Å². The van der Waals surface area contributed by atoms with Gasteiger partial charge in [0.1, 0.15) is 5.75 Å². The molecule has 0 aliphatic carbocycles. The zero-order valence-electron chi connectivity index (χ0n) is 9.38. The van der Waals surface area contributed by atoms with Gasteiger partial charge in [-0.15, -0.1) is 0 Å². The van der Waals surface area contributed by atoms with Crippen molar-refractivity contribution >= 4 is 5.97 Å². The van der Waals surface area contributed by atoms with Crippen molar-refractivity contribution in [2.75, 3.05) is 7.11 Å². The number of aliphatic hydroxyl groups excluding tert-OH is 1. The molecule has 0 saturated carbocycles. The van der Waals surface area contributed by atoms with Crippen molar-refractivity contribution in [2.45, 2.75) is 19.4 Å². The number of benzene rings is 1. The van der Waals surface area contributed by atoms with E-state index in [1.807, 2.05) is 0 Å². The zero-order chi connectivity index (χ0) is 12.1. The number of hydrogen-bond donors (Lipinski definition) is 2. The Morgan fingerprint density at radius 2 is 1.94 bits per heavy atom. The molecule has 0 bridgehead atoms. The van der Waals surface area contributed by atoms with Gasteiger partial charge in [-0.1, -0.05) is 19.1 Å². The Bertz CT molecular complexity index is 345. The number of carbonyl (C=O) groups is 1. The third-order valence-corrected chi connectivity index (χ3v) is 2.49. The van der Waals surface area contributed by atoms with Gasteiger partial charge < -0.3 is 14.9 Å². The van der Waals surface area contributed by atoms with Crippen LogP contribution in [0.25, 0.3) is 0 Å². The van der Waals surface area contributed by atoms with Crippen LogP contribution in [0.2, 0.25) is 0 Å². The zero-order valence-corrected chi connectivity index (χ0v) is 9.38. The van der Waals surface area contributed by atoms with Crippen molar-refractivity contribution in [3.63, 3.8) is 0 Å². The van der Waals surface area contributed by atoms with E-state index in [0.717, 1.165) is 0 Å². The second-order valence-electron chi connectivity index (χ2n) is 3.79. The van der Waals surface area contributed by atoms with Gasteiger partial charge in [0.05, 0.1) is 19.6 Å². The van der Waals surface area contributed by atoms with E-state index in [0.29, 0.717) is 11.3 Å². The average molecular weight is 224 g/mol. The Hall–Kier alpha value is -1.55. The van der Waals surface area contributed by atoms with E-state index in [9.17, 15) is 9.90 Å². The Balaban J connectivity index is 2.71. The lowest BCUT2D eigenvalue weighted by atomic mass is 9.95.